The highest BCUT2D eigenvalue weighted by Gasteiger charge is 2.24. The van der Waals surface area contributed by atoms with E-state index in [9.17, 15) is 8.42 Å². The number of hydrogen-bond donors (Lipinski definition) is 1. The largest absolute Gasteiger partial charge is 0.323 e. The molecule has 0 radical (unpaired) electrons. The van der Waals surface area contributed by atoms with Crippen molar-refractivity contribution < 1.29 is 8.42 Å². The molecular weight excluding hydrogens is 210 g/mol. The lowest BCUT2D eigenvalue weighted by atomic mass is 10.0. The van der Waals surface area contributed by atoms with Crippen molar-refractivity contribution in [1.29, 1.82) is 0 Å². The van der Waals surface area contributed by atoms with Crippen LogP contribution in [0.4, 0.5) is 0 Å². The first-order valence-electron chi connectivity index (χ1n) is 4.84. The van der Waals surface area contributed by atoms with Crippen LogP contribution in [-0.2, 0) is 9.84 Å². The van der Waals surface area contributed by atoms with Crippen LogP contribution in [0.5, 0.6) is 0 Å². The summed E-state index contributed by atoms with van der Waals surface area (Å²) in [4.78, 5) is 0. The molecule has 0 unspecified atom stereocenters. The lowest BCUT2D eigenvalue weighted by molar-refractivity contribution is 0.570. The summed E-state index contributed by atoms with van der Waals surface area (Å²) in [5.41, 5.74) is 7.87. The number of hydrogen-bond acceptors (Lipinski definition) is 3. The second-order valence-electron chi connectivity index (χ2n) is 3.92. The third-order valence-corrected chi connectivity index (χ3v) is 4.37. The van der Waals surface area contributed by atoms with Crippen LogP contribution in [0.1, 0.15) is 24.1 Å². The monoisotopic (exact) mass is 227 g/mol. The van der Waals surface area contributed by atoms with E-state index < -0.39 is 21.1 Å². The lowest BCUT2D eigenvalue weighted by Gasteiger charge is -2.20. The Labute approximate surface area is 91.2 Å². The summed E-state index contributed by atoms with van der Waals surface area (Å²) in [6.07, 6.45) is 1.22. The van der Waals surface area contributed by atoms with Crippen molar-refractivity contribution in [3.05, 3.63) is 35.4 Å². The molecule has 1 aromatic carbocycles. The quantitative estimate of drug-likeness (QED) is 0.849. The summed E-state index contributed by atoms with van der Waals surface area (Å²) in [6, 6.07) is 7.14. The fourth-order valence-corrected chi connectivity index (χ4v) is 2.16. The zero-order valence-electron chi connectivity index (χ0n) is 9.27. The van der Waals surface area contributed by atoms with Crippen LogP contribution in [0, 0.1) is 6.92 Å². The van der Waals surface area contributed by atoms with Crippen molar-refractivity contribution in [3.8, 4) is 0 Å². The molecule has 0 amide bonds. The standard InChI is InChI=1S/C11H17NO2S/c1-8-6-4-5-7-10(8)11(12)9(2)15(3,13)14/h4-7,9,11H,12H2,1-3H3/t9-,11-/m0/s1. The molecule has 3 nitrogen and oxygen atoms in total. The van der Waals surface area contributed by atoms with Crippen LogP contribution in [0.25, 0.3) is 0 Å². The second-order valence-corrected chi connectivity index (χ2v) is 6.32. The van der Waals surface area contributed by atoms with Crippen molar-refractivity contribution in [2.24, 2.45) is 5.73 Å². The minimum absolute atomic E-state index is 0.457. The topological polar surface area (TPSA) is 60.2 Å². The maximum absolute atomic E-state index is 11.4. The van der Waals surface area contributed by atoms with Gasteiger partial charge in [0.2, 0.25) is 0 Å². The first kappa shape index (κ1) is 12.2. The van der Waals surface area contributed by atoms with E-state index in [1.807, 2.05) is 31.2 Å². The van der Waals surface area contributed by atoms with Gasteiger partial charge in [-0.1, -0.05) is 24.3 Å². The predicted octanol–water partition coefficient (Wildman–Crippen LogP) is 1.43. The average molecular weight is 227 g/mol. The molecule has 1 aromatic rings. The van der Waals surface area contributed by atoms with E-state index in [0.717, 1.165) is 11.1 Å². The molecule has 0 bridgehead atoms. The van der Waals surface area contributed by atoms with Crippen LogP contribution in [0.15, 0.2) is 24.3 Å². The van der Waals surface area contributed by atoms with E-state index >= 15 is 0 Å². The average Bonchev–Trinajstić information content (AvgIpc) is 2.15. The van der Waals surface area contributed by atoms with Crippen molar-refractivity contribution in [1.82, 2.24) is 0 Å². The van der Waals surface area contributed by atoms with Crippen LogP contribution >= 0.6 is 0 Å². The van der Waals surface area contributed by atoms with E-state index in [1.165, 1.54) is 6.26 Å². The van der Waals surface area contributed by atoms with E-state index in [-0.39, 0.29) is 0 Å². The Morgan fingerprint density at radius 3 is 2.27 bits per heavy atom. The number of rotatable bonds is 3. The molecule has 0 aromatic heterocycles. The fraction of sp³-hybridized carbons (Fsp3) is 0.455. The minimum atomic E-state index is -3.09. The van der Waals surface area contributed by atoms with Crippen LogP contribution in [0.2, 0.25) is 0 Å². The molecule has 0 saturated carbocycles. The van der Waals surface area contributed by atoms with Gasteiger partial charge in [-0.15, -0.1) is 0 Å². The van der Waals surface area contributed by atoms with Gasteiger partial charge in [-0.05, 0) is 25.0 Å². The summed E-state index contributed by atoms with van der Waals surface area (Å²) in [7, 11) is -3.09. The van der Waals surface area contributed by atoms with Crippen molar-refractivity contribution >= 4 is 9.84 Å². The van der Waals surface area contributed by atoms with Crippen LogP contribution < -0.4 is 5.73 Å². The molecule has 2 atom stereocenters. The summed E-state index contributed by atoms with van der Waals surface area (Å²) in [5, 5.41) is -0.557. The van der Waals surface area contributed by atoms with Crippen LogP contribution in [-0.4, -0.2) is 19.9 Å². The Balaban J connectivity index is 3.06. The maximum Gasteiger partial charge on any atom is 0.151 e. The zero-order chi connectivity index (χ0) is 11.6. The Morgan fingerprint density at radius 1 is 1.27 bits per heavy atom. The number of aryl methyl sites for hydroxylation is 1. The van der Waals surface area contributed by atoms with Gasteiger partial charge in [0, 0.05) is 12.3 Å². The van der Waals surface area contributed by atoms with Crippen molar-refractivity contribution in [2.75, 3.05) is 6.26 Å². The normalized spacial score (nSPS) is 16.0. The lowest BCUT2D eigenvalue weighted by Crippen LogP contribution is -2.30. The Bertz CT molecular complexity index is 440. The van der Waals surface area contributed by atoms with E-state index in [2.05, 4.69) is 0 Å². The smallest absolute Gasteiger partial charge is 0.151 e. The van der Waals surface area contributed by atoms with Gasteiger partial charge in [0.1, 0.15) is 0 Å². The number of nitrogens with two attached hydrogens (primary N) is 1. The molecule has 2 N–H and O–H groups in total. The van der Waals surface area contributed by atoms with E-state index in [4.69, 9.17) is 5.73 Å². The Hall–Kier alpha value is -0.870. The van der Waals surface area contributed by atoms with Gasteiger partial charge in [0.15, 0.2) is 9.84 Å². The predicted molar refractivity (Wildman–Crippen MR) is 62.4 cm³/mol. The molecule has 0 aliphatic rings. The van der Waals surface area contributed by atoms with Gasteiger partial charge in [0.05, 0.1) is 5.25 Å². The van der Waals surface area contributed by atoms with Gasteiger partial charge >= 0.3 is 0 Å². The Kier molecular flexibility index (Phi) is 3.52. The highest BCUT2D eigenvalue weighted by molar-refractivity contribution is 7.91. The van der Waals surface area contributed by atoms with E-state index in [0.29, 0.717) is 0 Å². The molecule has 0 aliphatic heterocycles. The summed E-state index contributed by atoms with van der Waals surface area (Å²) in [6.45, 7) is 3.58. The highest BCUT2D eigenvalue weighted by atomic mass is 32.2. The summed E-state index contributed by atoms with van der Waals surface area (Å²) < 4.78 is 22.8. The van der Waals surface area contributed by atoms with Gasteiger partial charge in [-0.2, -0.15) is 0 Å². The van der Waals surface area contributed by atoms with E-state index in [1.54, 1.807) is 6.92 Å². The molecule has 0 saturated heterocycles. The number of sulfone groups is 1. The molecule has 0 spiro atoms. The minimum Gasteiger partial charge on any atom is -0.323 e. The zero-order valence-corrected chi connectivity index (χ0v) is 10.1. The van der Waals surface area contributed by atoms with Gasteiger partial charge in [-0.25, -0.2) is 8.42 Å². The molecule has 0 fully saturated rings. The third kappa shape index (κ3) is 2.79. The highest BCUT2D eigenvalue weighted by Crippen LogP contribution is 2.21. The first-order chi connectivity index (χ1) is 6.84. The maximum atomic E-state index is 11.4. The molecular formula is C11H17NO2S. The molecule has 0 aliphatic carbocycles. The summed E-state index contributed by atoms with van der Waals surface area (Å²) in [5.74, 6) is 0. The van der Waals surface area contributed by atoms with Gasteiger partial charge in [0.25, 0.3) is 0 Å². The Morgan fingerprint density at radius 2 is 1.80 bits per heavy atom. The molecule has 4 heteroatoms. The number of benzene rings is 1. The summed E-state index contributed by atoms with van der Waals surface area (Å²) >= 11 is 0. The van der Waals surface area contributed by atoms with Crippen LogP contribution in [0.3, 0.4) is 0 Å². The first-order valence-corrected chi connectivity index (χ1v) is 6.79. The molecule has 84 valence electrons. The van der Waals surface area contributed by atoms with Gasteiger partial charge < -0.3 is 5.73 Å². The SMILES string of the molecule is Cc1ccccc1[C@@H](N)[C@H](C)S(C)(=O)=O. The third-order valence-electron chi connectivity index (χ3n) is 2.73. The van der Waals surface area contributed by atoms with Gasteiger partial charge in [-0.3, -0.25) is 0 Å². The molecule has 15 heavy (non-hydrogen) atoms. The fourth-order valence-electron chi connectivity index (χ4n) is 1.48. The van der Waals surface area contributed by atoms with Crippen molar-refractivity contribution in [3.63, 3.8) is 0 Å². The van der Waals surface area contributed by atoms with Crippen molar-refractivity contribution in [2.45, 2.75) is 25.1 Å². The second kappa shape index (κ2) is 4.33. The molecule has 1 rings (SSSR count). The molecule has 0 heterocycles.